The van der Waals surface area contributed by atoms with Crippen molar-refractivity contribution in [1.82, 2.24) is 9.36 Å². The molecule has 0 amide bonds. The quantitative estimate of drug-likeness (QED) is 0.334. The van der Waals surface area contributed by atoms with Crippen LogP contribution in [-0.2, 0) is 13.5 Å². The molecular weight excluding hydrogens is 438 g/mol. The molecule has 5 aromatic rings. The van der Waals surface area contributed by atoms with Gasteiger partial charge in [-0.05, 0) is 67.4 Å². The van der Waals surface area contributed by atoms with Crippen LogP contribution in [0.3, 0.4) is 0 Å². The van der Waals surface area contributed by atoms with E-state index in [1.54, 1.807) is 11.8 Å². The second kappa shape index (κ2) is 9.14. The van der Waals surface area contributed by atoms with Gasteiger partial charge >= 0.3 is 0 Å². The standard InChI is InChI=1S/C29H27N3O3/c1-5-20-11-16-26-24(17-20)25(18-27(35-26)21-12-14-23(34-4)15-13-21)30-28-19(2)31(3)32(29(28)33)22-9-7-6-8-10-22/h6-18H,5H2,1-4H3. The van der Waals surface area contributed by atoms with Crippen LogP contribution in [0.15, 0.2) is 93.1 Å². The van der Waals surface area contributed by atoms with E-state index in [9.17, 15) is 4.79 Å². The summed E-state index contributed by atoms with van der Waals surface area (Å²) in [6.45, 7) is 4.03. The number of nitrogens with zero attached hydrogens (tertiary/aromatic N) is 3. The van der Waals surface area contributed by atoms with E-state index in [1.807, 2.05) is 85.4 Å². The fourth-order valence-corrected chi connectivity index (χ4v) is 4.23. The third kappa shape index (κ3) is 4.08. The zero-order valence-electron chi connectivity index (χ0n) is 20.3. The van der Waals surface area contributed by atoms with E-state index >= 15 is 0 Å². The van der Waals surface area contributed by atoms with E-state index in [2.05, 4.69) is 19.1 Å². The number of rotatable bonds is 5. The molecule has 0 aliphatic heterocycles. The van der Waals surface area contributed by atoms with Crippen molar-refractivity contribution in [2.45, 2.75) is 20.3 Å². The number of hydrogen-bond acceptors (Lipinski definition) is 4. The van der Waals surface area contributed by atoms with Crippen molar-refractivity contribution < 1.29 is 9.15 Å². The molecule has 6 nitrogen and oxygen atoms in total. The Morgan fingerprint density at radius 2 is 1.71 bits per heavy atom. The molecule has 176 valence electrons. The summed E-state index contributed by atoms with van der Waals surface area (Å²) in [6.07, 6.45) is 0.890. The van der Waals surface area contributed by atoms with Crippen LogP contribution in [-0.4, -0.2) is 16.5 Å². The molecule has 0 fully saturated rings. The van der Waals surface area contributed by atoms with Gasteiger partial charge < -0.3 is 9.15 Å². The number of benzene rings is 3. The zero-order valence-corrected chi connectivity index (χ0v) is 20.3. The number of methoxy groups -OCH3 is 1. The lowest BCUT2D eigenvalue weighted by Gasteiger charge is -2.07. The first kappa shape index (κ1) is 22.5. The molecule has 6 heteroatoms. The normalized spacial score (nSPS) is 11.8. The summed E-state index contributed by atoms with van der Waals surface area (Å²) in [4.78, 5) is 18.4. The highest BCUT2D eigenvalue weighted by molar-refractivity contribution is 5.79. The minimum absolute atomic E-state index is 0.164. The molecule has 0 saturated heterocycles. The van der Waals surface area contributed by atoms with Crippen molar-refractivity contribution in [2.24, 2.45) is 12.0 Å². The van der Waals surface area contributed by atoms with Gasteiger partial charge in [-0.2, -0.15) is 0 Å². The van der Waals surface area contributed by atoms with Crippen LogP contribution < -0.4 is 15.7 Å². The van der Waals surface area contributed by atoms with Crippen molar-refractivity contribution in [1.29, 1.82) is 0 Å². The van der Waals surface area contributed by atoms with Crippen molar-refractivity contribution in [2.75, 3.05) is 7.11 Å². The van der Waals surface area contributed by atoms with Gasteiger partial charge in [-0.15, -0.1) is 0 Å². The molecule has 2 heterocycles. The molecule has 0 aliphatic carbocycles. The summed E-state index contributed by atoms with van der Waals surface area (Å²) in [7, 11) is 3.52. The van der Waals surface area contributed by atoms with Crippen LogP contribution in [0.2, 0.25) is 0 Å². The van der Waals surface area contributed by atoms with Gasteiger partial charge in [0.1, 0.15) is 17.1 Å². The second-order valence-electron chi connectivity index (χ2n) is 8.43. The van der Waals surface area contributed by atoms with Crippen LogP contribution in [0, 0.1) is 6.92 Å². The summed E-state index contributed by atoms with van der Waals surface area (Å²) in [5.74, 6) is 1.44. The molecule has 35 heavy (non-hydrogen) atoms. The maximum Gasteiger partial charge on any atom is 0.297 e. The summed E-state index contributed by atoms with van der Waals surface area (Å²) < 4.78 is 15.0. The molecule has 2 aromatic heterocycles. The minimum atomic E-state index is -0.164. The molecule has 3 aromatic carbocycles. The van der Waals surface area contributed by atoms with Gasteiger partial charge in [-0.3, -0.25) is 9.48 Å². The second-order valence-corrected chi connectivity index (χ2v) is 8.43. The summed E-state index contributed by atoms with van der Waals surface area (Å²) in [6, 6.07) is 25.3. The van der Waals surface area contributed by atoms with Gasteiger partial charge in [0.2, 0.25) is 0 Å². The summed E-state index contributed by atoms with van der Waals surface area (Å²) in [5, 5.41) is 1.56. The Balaban J connectivity index is 1.78. The third-order valence-corrected chi connectivity index (χ3v) is 6.35. The number of aromatic nitrogens is 2. The topological polar surface area (TPSA) is 61.7 Å². The van der Waals surface area contributed by atoms with E-state index in [-0.39, 0.29) is 5.56 Å². The maximum absolute atomic E-state index is 13.5. The SMILES string of the molecule is CCc1ccc2oc(-c3ccc(OC)cc3)cc(=Nc3c(C)n(C)n(-c4ccccc4)c3=O)c2c1. The summed E-state index contributed by atoms with van der Waals surface area (Å²) >= 11 is 0. The van der Waals surface area contributed by atoms with Crippen molar-refractivity contribution in [3.8, 4) is 22.8 Å². The van der Waals surface area contributed by atoms with Crippen LogP contribution in [0.1, 0.15) is 18.2 Å². The summed E-state index contributed by atoms with van der Waals surface area (Å²) in [5.41, 5.74) is 4.61. The van der Waals surface area contributed by atoms with E-state index in [0.29, 0.717) is 22.4 Å². The Hall–Kier alpha value is -4.32. The Labute approximate surface area is 203 Å². The van der Waals surface area contributed by atoms with Gasteiger partial charge in [-0.1, -0.05) is 31.2 Å². The zero-order chi connectivity index (χ0) is 24.5. The Kier molecular flexibility index (Phi) is 5.87. The predicted octanol–water partition coefficient (Wildman–Crippen LogP) is 5.70. The molecule has 0 spiro atoms. The van der Waals surface area contributed by atoms with Crippen LogP contribution in [0.5, 0.6) is 5.75 Å². The fraction of sp³-hybridized carbons (Fsp3) is 0.172. The highest BCUT2D eigenvalue weighted by Crippen LogP contribution is 2.26. The maximum atomic E-state index is 13.5. The predicted molar refractivity (Wildman–Crippen MR) is 139 cm³/mol. The molecule has 0 bridgehead atoms. The molecule has 0 N–H and O–H groups in total. The highest BCUT2D eigenvalue weighted by atomic mass is 16.5. The van der Waals surface area contributed by atoms with E-state index < -0.39 is 0 Å². The molecule has 5 rings (SSSR count). The number of aryl methyl sites for hydroxylation is 1. The van der Waals surface area contributed by atoms with Crippen LogP contribution in [0.25, 0.3) is 28.0 Å². The van der Waals surface area contributed by atoms with E-state index in [0.717, 1.165) is 34.5 Å². The molecule has 0 saturated carbocycles. The molecule has 0 radical (unpaired) electrons. The van der Waals surface area contributed by atoms with Gasteiger partial charge in [0, 0.05) is 24.1 Å². The average Bonchev–Trinajstić information content (AvgIpc) is 3.11. The first-order valence-electron chi connectivity index (χ1n) is 11.6. The molecule has 0 atom stereocenters. The third-order valence-electron chi connectivity index (χ3n) is 6.35. The van der Waals surface area contributed by atoms with E-state index in [1.165, 1.54) is 5.56 Å². The largest absolute Gasteiger partial charge is 0.497 e. The van der Waals surface area contributed by atoms with Crippen LogP contribution >= 0.6 is 0 Å². The number of fused-ring (bicyclic) bond motifs is 1. The van der Waals surface area contributed by atoms with E-state index in [4.69, 9.17) is 14.1 Å². The Morgan fingerprint density at radius 1 is 0.971 bits per heavy atom. The van der Waals surface area contributed by atoms with Gasteiger partial charge in [0.25, 0.3) is 5.56 Å². The minimum Gasteiger partial charge on any atom is -0.497 e. The first-order valence-corrected chi connectivity index (χ1v) is 11.6. The lowest BCUT2D eigenvalue weighted by Crippen LogP contribution is -2.19. The molecule has 0 unspecified atom stereocenters. The van der Waals surface area contributed by atoms with Crippen molar-refractivity contribution in [3.63, 3.8) is 0 Å². The molecule has 0 aliphatic rings. The number of para-hydroxylation sites is 1. The number of ether oxygens (including phenoxy) is 1. The molecular formula is C29H27N3O3. The Morgan fingerprint density at radius 3 is 2.40 bits per heavy atom. The lowest BCUT2D eigenvalue weighted by atomic mass is 10.1. The number of hydrogen-bond donors (Lipinski definition) is 0. The smallest absolute Gasteiger partial charge is 0.297 e. The van der Waals surface area contributed by atoms with Crippen LogP contribution in [0.4, 0.5) is 5.69 Å². The van der Waals surface area contributed by atoms with Gasteiger partial charge in [0.15, 0.2) is 5.69 Å². The average molecular weight is 466 g/mol. The lowest BCUT2D eigenvalue weighted by molar-refractivity contribution is 0.415. The highest BCUT2D eigenvalue weighted by Gasteiger charge is 2.16. The first-order chi connectivity index (χ1) is 17.0. The van der Waals surface area contributed by atoms with Gasteiger partial charge in [-0.25, -0.2) is 9.67 Å². The monoisotopic (exact) mass is 465 g/mol. The van der Waals surface area contributed by atoms with Crippen molar-refractivity contribution >= 4 is 16.7 Å². The van der Waals surface area contributed by atoms with Crippen molar-refractivity contribution in [3.05, 3.63) is 106 Å². The van der Waals surface area contributed by atoms with Gasteiger partial charge in [0.05, 0.1) is 23.8 Å². The Bertz CT molecular complexity index is 1640. The fourth-order valence-electron chi connectivity index (χ4n) is 4.23.